The lowest BCUT2D eigenvalue weighted by molar-refractivity contribution is 0.457. The average Bonchev–Trinajstić information content (AvgIpc) is 2.03. The molecule has 1 heterocycles. The Balaban J connectivity index is 3.03. The molecule has 0 aromatic carbocycles. The van der Waals surface area contributed by atoms with Gasteiger partial charge in [-0.3, -0.25) is 4.55 Å². The second kappa shape index (κ2) is 3.52. The molecule has 0 saturated heterocycles. The van der Waals surface area contributed by atoms with Crippen LogP contribution in [-0.2, 0) is 18.3 Å². The van der Waals surface area contributed by atoms with Crippen molar-refractivity contribution in [2.75, 3.05) is 0 Å². The molecule has 0 fully saturated rings. The summed E-state index contributed by atoms with van der Waals surface area (Å²) >= 11 is 0. The standard InChI is InChI=1S/C5H5NO6S2/c7-13(8,9)14(10,11)12-5-3-1-2-4-6-5/h1-4H,(H,7,8,9). The number of hydrogen-bond acceptors (Lipinski definition) is 6. The molecule has 9 heteroatoms. The van der Waals surface area contributed by atoms with Gasteiger partial charge in [0.1, 0.15) is 0 Å². The molecule has 1 rings (SSSR count). The molecular weight excluding hydrogens is 234 g/mol. The summed E-state index contributed by atoms with van der Waals surface area (Å²) < 4.78 is 54.2. The van der Waals surface area contributed by atoms with Crippen molar-refractivity contribution in [2.45, 2.75) is 0 Å². The van der Waals surface area contributed by atoms with Crippen LogP contribution in [0.4, 0.5) is 0 Å². The van der Waals surface area contributed by atoms with Crippen molar-refractivity contribution < 1.29 is 25.6 Å². The highest BCUT2D eigenvalue weighted by Crippen LogP contribution is 2.10. The summed E-state index contributed by atoms with van der Waals surface area (Å²) in [5.74, 6) is -0.440. The SMILES string of the molecule is O=S(=O)(O)S(=O)(=O)Oc1ccccn1. The van der Waals surface area contributed by atoms with E-state index in [0.717, 1.165) is 6.07 Å². The zero-order chi connectivity index (χ0) is 10.8. The molecule has 1 aromatic rings. The van der Waals surface area contributed by atoms with E-state index in [4.69, 9.17) is 4.55 Å². The van der Waals surface area contributed by atoms with E-state index in [9.17, 15) is 16.8 Å². The van der Waals surface area contributed by atoms with Gasteiger partial charge in [-0.15, -0.1) is 0 Å². The Kier molecular flexibility index (Phi) is 2.73. The van der Waals surface area contributed by atoms with Gasteiger partial charge in [0, 0.05) is 12.3 Å². The number of nitrogens with zero attached hydrogens (tertiary/aromatic N) is 1. The monoisotopic (exact) mass is 239 g/mol. The van der Waals surface area contributed by atoms with Gasteiger partial charge in [0.15, 0.2) is 0 Å². The van der Waals surface area contributed by atoms with Crippen LogP contribution in [0.15, 0.2) is 24.4 Å². The second-order valence-corrected chi connectivity index (χ2v) is 6.41. The van der Waals surface area contributed by atoms with E-state index >= 15 is 0 Å². The van der Waals surface area contributed by atoms with Gasteiger partial charge >= 0.3 is 18.3 Å². The van der Waals surface area contributed by atoms with Crippen molar-refractivity contribution in [1.29, 1.82) is 0 Å². The molecule has 0 spiro atoms. The Hall–Kier alpha value is -1.19. The highest BCUT2D eigenvalue weighted by atomic mass is 33.2. The van der Waals surface area contributed by atoms with Gasteiger partial charge in [-0.25, -0.2) is 4.98 Å². The van der Waals surface area contributed by atoms with Crippen LogP contribution in [0, 0.1) is 0 Å². The van der Waals surface area contributed by atoms with Crippen LogP contribution >= 0.6 is 0 Å². The lowest BCUT2D eigenvalue weighted by Crippen LogP contribution is -2.20. The van der Waals surface area contributed by atoms with E-state index in [1.165, 1.54) is 18.3 Å². The van der Waals surface area contributed by atoms with Gasteiger partial charge in [-0.2, -0.15) is 16.8 Å². The fraction of sp³-hybridized carbons (Fsp3) is 0. The van der Waals surface area contributed by atoms with E-state index < -0.39 is 24.2 Å². The van der Waals surface area contributed by atoms with Crippen molar-refractivity contribution >= 4 is 18.3 Å². The molecule has 7 nitrogen and oxygen atoms in total. The van der Waals surface area contributed by atoms with Crippen LogP contribution in [0.5, 0.6) is 5.88 Å². The summed E-state index contributed by atoms with van der Waals surface area (Å²) in [5, 5.41) is 0. The van der Waals surface area contributed by atoms with Crippen LogP contribution in [0.25, 0.3) is 0 Å². The predicted molar refractivity (Wildman–Crippen MR) is 45.3 cm³/mol. The highest BCUT2D eigenvalue weighted by Gasteiger charge is 2.30. The summed E-state index contributed by atoms with van der Waals surface area (Å²) in [6.07, 6.45) is 1.20. The Bertz CT molecular complexity index is 504. The van der Waals surface area contributed by atoms with Gasteiger partial charge in [-0.05, 0) is 6.07 Å². The molecule has 1 aromatic heterocycles. The third kappa shape index (κ3) is 2.40. The quantitative estimate of drug-likeness (QED) is 0.564. The molecule has 0 saturated carbocycles. The van der Waals surface area contributed by atoms with Crippen molar-refractivity contribution in [3.05, 3.63) is 24.4 Å². The maximum Gasteiger partial charge on any atom is 0.445 e. The van der Waals surface area contributed by atoms with Crippen molar-refractivity contribution in [3.63, 3.8) is 0 Å². The molecule has 0 aliphatic heterocycles. The molecule has 14 heavy (non-hydrogen) atoms. The van der Waals surface area contributed by atoms with E-state index in [2.05, 4.69) is 9.17 Å². The summed E-state index contributed by atoms with van der Waals surface area (Å²) in [6, 6.07) is 4.00. The molecule has 0 aliphatic carbocycles. The minimum atomic E-state index is -5.29. The molecule has 0 bridgehead atoms. The molecule has 0 atom stereocenters. The van der Waals surface area contributed by atoms with Crippen molar-refractivity contribution in [2.24, 2.45) is 0 Å². The summed E-state index contributed by atoms with van der Waals surface area (Å²) in [5.41, 5.74) is 0. The summed E-state index contributed by atoms with van der Waals surface area (Å²) in [6.45, 7) is 0. The molecule has 0 unspecified atom stereocenters. The van der Waals surface area contributed by atoms with Crippen molar-refractivity contribution in [1.82, 2.24) is 4.98 Å². The number of aromatic nitrogens is 1. The lowest BCUT2D eigenvalue weighted by atomic mass is 10.5. The van der Waals surface area contributed by atoms with Gasteiger partial charge < -0.3 is 4.18 Å². The minimum absolute atomic E-state index is 0.440. The maximum atomic E-state index is 10.7. The zero-order valence-electron chi connectivity index (χ0n) is 6.56. The first-order valence-electron chi connectivity index (χ1n) is 3.16. The van der Waals surface area contributed by atoms with Crippen LogP contribution in [0.1, 0.15) is 0 Å². The van der Waals surface area contributed by atoms with Crippen LogP contribution < -0.4 is 4.18 Å². The van der Waals surface area contributed by atoms with E-state index in [0.29, 0.717) is 0 Å². The maximum absolute atomic E-state index is 10.7. The third-order valence-corrected chi connectivity index (χ3v) is 3.73. The van der Waals surface area contributed by atoms with Gasteiger partial charge in [0.25, 0.3) is 0 Å². The molecule has 1 N–H and O–H groups in total. The third-order valence-electron chi connectivity index (χ3n) is 1.08. The summed E-state index contributed by atoms with van der Waals surface area (Å²) in [7, 11) is -10.4. The predicted octanol–water partition coefficient (Wildman–Crippen LogP) is -0.407. The largest absolute Gasteiger partial charge is 0.445 e. The van der Waals surface area contributed by atoms with Gasteiger partial charge in [0.2, 0.25) is 5.88 Å². The van der Waals surface area contributed by atoms with E-state index in [1.807, 2.05) is 0 Å². The van der Waals surface area contributed by atoms with E-state index in [-0.39, 0.29) is 0 Å². The second-order valence-electron chi connectivity index (χ2n) is 2.09. The molecule has 0 amide bonds. The minimum Gasteiger partial charge on any atom is -0.349 e. The van der Waals surface area contributed by atoms with Crippen molar-refractivity contribution in [3.8, 4) is 5.88 Å². The van der Waals surface area contributed by atoms with Crippen LogP contribution in [0.3, 0.4) is 0 Å². The highest BCUT2D eigenvalue weighted by molar-refractivity contribution is 8.63. The first-order valence-corrected chi connectivity index (χ1v) is 6.52. The molecular formula is C5H5NO6S2. The molecule has 0 aliphatic rings. The Morgan fingerprint density at radius 2 is 1.86 bits per heavy atom. The number of pyridine rings is 1. The smallest absolute Gasteiger partial charge is 0.349 e. The average molecular weight is 239 g/mol. The fourth-order valence-electron chi connectivity index (χ4n) is 0.544. The molecule has 0 radical (unpaired) electrons. The van der Waals surface area contributed by atoms with E-state index in [1.54, 1.807) is 0 Å². The van der Waals surface area contributed by atoms with Gasteiger partial charge in [-0.1, -0.05) is 6.07 Å². The number of hydrogen-bond donors (Lipinski definition) is 1. The lowest BCUT2D eigenvalue weighted by Gasteiger charge is -2.01. The van der Waals surface area contributed by atoms with Crippen LogP contribution in [0.2, 0.25) is 0 Å². The Morgan fingerprint density at radius 1 is 1.21 bits per heavy atom. The first-order chi connectivity index (χ1) is 6.33. The Labute approximate surface area is 79.6 Å². The summed E-state index contributed by atoms with van der Waals surface area (Å²) in [4.78, 5) is 3.40. The number of rotatable bonds is 3. The molecule has 78 valence electrons. The topological polar surface area (TPSA) is 111 Å². The fourth-order valence-corrected chi connectivity index (χ4v) is 1.40. The van der Waals surface area contributed by atoms with Gasteiger partial charge in [0.05, 0.1) is 0 Å². The zero-order valence-corrected chi connectivity index (χ0v) is 8.19. The van der Waals surface area contributed by atoms with Crippen LogP contribution in [-0.4, -0.2) is 26.4 Å². The first kappa shape index (κ1) is 10.9. The Morgan fingerprint density at radius 3 is 2.29 bits per heavy atom. The normalized spacial score (nSPS) is 12.4.